The van der Waals surface area contributed by atoms with Gasteiger partial charge in [0.1, 0.15) is 16.9 Å². The molecular weight excluding hydrogens is 479 g/mol. The summed E-state index contributed by atoms with van der Waals surface area (Å²) in [4.78, 5) is 13.1. The lowest BCUT2D eigenvalue weighted by atomic mass is 10.0. The number of aromatic nitrogens is 2. The molecule has 11 heteroatoms. The lowest BCUT2D eigenvalue weighted by molar-refractivity contribution is -0.143. The van der Waals surface area contributed by atoms with Crippen molar-refractivity contribution >= 4 is 11.6 Å². The van der Waals surface area contributed by atoms with Crippen LogP contribution in [0.3, 0.4) is 0 Å². The number of carbonyl (C=O) groups excluding carboxylic acids is 1. The van der Waals surface area contributed by atoms with E-state index in [0.717, 1.165) is 0 Å². The van der Waals surface area contributed by atoms with Gasteiger partial charge in [0.25, 0.3) is 5.91 Å². The molecule has 180 valence electrons. The highest BCUT2D eigenvalue weighted by molar-refractivity contribution is 6.09. The maximum Gasteiger partial charge on any atom is 0.422 e. The Morgan fingerprint density at radius 1 is 0.829 bits per heavy atom. The first-order valence-corrected chi connectivity index (χ1v) is 9.97. The minimum Gasteiger partial charge on any atom is -0.317 e. The van der Waals surface area contributed by atoms with Crippen LogP contribution in [0.2, 0.25) is 0 Å². The summed E-state index contributed by atoms with van der Waals surface area (Å²) < 4.78 is 96.8. The van der Waals surface area contributed by atoms with Crippen LogP contribution in [-0.2, 0) is 6.18 Å². The van der Waals surface area contributed by atoms with Gasteiger partial charge in [-0.25, -0.2) is 22.2 Å². The SMILES string of the molecule is Cc1c(C(=O)Nc2c(F)c(F)c(C(F)(F)F)c(F)c2F)c(-c2ccccc2)nn1-c1ccccc1. The van der Waals surface area contributed by atoms with Crippen LogP contribution in [0.25, 0.3) is 16.9 Å². The average Bonchev–Trinajstić information content (AvgIpc) is 3.18. The molecule has 0 spiro atoms. The van der Waals surface area contributed by atoms with Gasteiger partial charge in [0.05, 0.1) is 16.9 Å². The Hall–Kier alpha value is -4.15. The van der Waals surface area contributed by atoms with Crippen LogP contribution in [0.4, 0.5) is 36.4 Å². The van der Waals surface area contributed by atoms with E-state index in [4.69, 9.17) is 0 Å². The lowest BCUT2D eigenvalue weighted by Gasteiger charge is -2.15. The third-order valence-electron chi connectivity index (χ3n) is 5.18. The molecular formula is C24H14F7N3O. The number of rotatable bonds is 4. The van der Waals surface area contributed by atoms with Gasteiger partial charge in [0, 0.05) is 5.56 Å². The zero-order chi connectivity index (χ0) is 25.5. The van der Waals surface area contributed by atoms with Gasteiger partial charge in [0.15, 0.2) is 23.3 Å². The monoisotopic (exact) mass is 493 g/mol. The molecule has 0 aliphatic heterocycles. The van der Waals surface area contributed by atoms with Crippen molar-refractivity contribution in [1.82, 2.24) is 9.78 Å². The third-order valence-corrected chi connectivity index (χ3v) is 5.18. The van der Waals surface area contributed by atoms with Gasteiger partial charge in [-0.3, -0.25) is 4.79 Å². The summed E-state index contributed by atoms with van der Waals surface area (Å²) in [5.74, 6) is -11.4. The first-order chi connectivity index (χ1) is 16.5. The van der Waals surface area contributed by atoms with Gasteiger partial charge in [-0.2, -0.15) is 18.3 Å². The first-order valence-electron chi connectivity index (χ1n) is 9.97. The number of nitrogens with one attached hydrogen (secondary N) is 1. The van der Waals surface area contributed by atoms with Crippen LogP contribution in [0.1, 0.15) is 21.6 Å². The molecule has 4 aromatic rings. The third kappa shape index (κ3) is 4.25. The van der Waals surface area contributed by atoms with Crippen LogP contribution >= 0.6 is 0 Å². The number of hydrogen-bond donors (Lipinski definition) is 1. The molecule has 0 aliphatic rings. The Balaban J connectivity index is 1.86. The molecule has 0 bridgehead atoms. The molecule has 0 aliphatic carbocycles. The number of alkyl halides is 3. The van der Waals surface area contributed by atoms with E-state index in [9.17, 15) is 35.5 Å². The Morgan fingerprint density at radius 2 is 1.34 bits per heavy atom. The van der Waals surface area contributed by atoms with Crippen molar-refractivity contribution in [3.63, 3.8) is 0 Å². The molecule has 0 fully saturated rings. The van der Waals surface area contributed by atoms with Crippen molar-refractivity contribution < 1.29 is 35.5 Å². The average molecular weight is 493 g/mol. The highest BCUT2D eigenvalue weighted by Gasteiger charge is 2.42. The summed E-state index contributed by atoms with van der Waals surface area (Å²) in [7, 11) is 0. The lowest BCUT2D eigenvalue weighted by Crippen LogP contribution is -2.21. The predicted molar refractivity (Wildman–Crippen MR) is 113 cm³/mol. The predicted octanol–water partition coefficient (Wildman–Crippen LogP) is 6.68. The molecule has 0 radical (unpaired) electrons. The highest BCUT2D eigenvalue weighted by atomic mass is 19.4. The summed E-state index contributed by atoms with van der Waals surface area (Å²) in [6, 6.07) is 16.7. The number of hydrogen-bond acceptors (Lipinski definition) is 2. The van der Waals surface area contributed by atoms with E-state index in [2.05, 4.69) is 5.10 Å². The van der Waals surface area contributed by atoms with Gasteiger partial charge >= 0.3 is 6.18 Å². The molecule has 0 atom stereocenters. The number of amides is 1. The van der Waals surface area contributed by atoms with Crippen LogP contribution in [-0.4, -0.2) is 15.7 Å². The molecule has 35 heavy (non-hydrogen) atoms. The van der Waals surface area contributed by atoms with Crippen molar-refractivity contribution in [1.29, 1.82) is 0 Å². The van der Waals surface area contributed by atoms with E-state index >= 15 is 0 Å². The zero-order valence-electron chi connectivity index (χ0n) is 17.7. The fourth-order valence-corrected chi connectivity index (χ4v) is 3.56. The topological polar surface area (TPSA) is 46.9 Å². The van der Waals surface area contributed by atoms with E-state index in [1.54, 1.807) is 66.0 Å². The second-order valence-corrected chi connectivity index (χ2v) is 7.38. The molecule has 1 heterocycles. The Bertz CT molecular complexity index is 1390. The number of para-hydroxylation sites is 1. The van der Waals surface area contributed by atoms with E-state index in [-0.39, 0.29) is 17.0 Å². The van der Waals surface area contributed by atoms with Gasteiger partial charge in [0.2, 0.25) is 0 Å². The standard InChI is InChI=1S/C24H14F7N3O/c1-12-15(21(13-8-4-2-5-9-13)33-34(12)14-10-6-3-7-11-14)23(35)32-22-19(27)17(25)16(24(29,30)31)18(26)20(22)28/h2-11H,1H3,(H,32,35). The molecule has 0 unspecified atom stereocenters. The summed E-state index contributed by atoms with van der Waals surface area (Å²) in [6.07, 6.45) is -5.70. The Kier molecular flexibility index (Phi) is 6.10. The molecule has 0 saturated heterocycles. The van der Waals surface area contributed by atoms with Crippen LogP contribution in [0, 0.1) is 30.2 Å². The molecule has 1 aromatic heterocycles. The molecule has 3 aromatic carbocycles. The number of carbonyl (C=O) groups is 1. The second kappa shape index (κ2) is 8.90. The van der Waals surface area contributed by atoms with Crippen LogP contribution < -0.4 is 5.32 Å². The number of nitrogens with zero attached hydrogens (tertiary/aromatic N) is 2. The van der Waals surface area contributed by atoms with E-state index in [0.29, 0.717) is 11.3 Å². The van der Waals surface area contributed by atoms with Crippen molar-refractivity contribution in [2.45, 2.75) is 13.1 Å². The minimum absolute atomic E-state index is 0.0677. The van der Waals surface area contributed by atoms with Crippen molar-refractivity contribution in [3.05, 3.63) is 101 Å². The molecule has 1 amide bonds. The van der Waals surface area contributed by atoms with E-state index < -0.39 is 46.6 Å². The number of benzene rings is 3. The second-order valence-electron chi connectivity index (χ2n) is 7.38. The van der Waals surface area contributed by atoms with Crippen LogP contribution in [0.5, 0.6) is 0 Å². The van der Waals surface area contributed by atoms with Crippen LogP contribution in [0.15, 0.2) is 60.7 Å². The first kappa shape index (κ1) is 24.0. The van der Waals surface area contributed by atoms with Gasteiger partial charge < -0.3 is 5.32 Å². The molecule has 1 N–H and O–H groups in total. The largest absolute Gasteiger partial charge is 0.422 e. The number of halogens is 7. The summed E-state index contributed by atoms with van der Waals surface area (Å²) in [6.45, 7) is 1.47. The van der Waals surface area contributed by atoms with Crippen molar-refractivity contribution in [2.75, 3.05) is 5.32 Å². The van der Waals surface area contributed by atoms with E-state index in [1.165, 1.54) is 11.6 Å². The molecule has 4 nitrogen and oxygen atoms in total. The maximum atomic E-state index is 14.4. The highest BCUT2D eigenvalue weighted by Crippen LogP contribution is 2.39. The minimum atomic E-state index is -5.70. The summed E-state index contributed by atoms with van der Waals surface area (Å²) in [5, 5.41) is 6.09. The van der Waals surface area contributed by atoms with Gasteiger partial charge in [-0.15, -0.1) is 0 Å². The fraction of sp³-hybridized carbons (Fsp3) is 0.0833. The Labute approximate surface area is 193 Å². The summed E-state index contributed by atoms with van der Waals surface area (Å²) >= 11 is 0. The van der Waals surface area contributed by atoms with Gasteiger partial charge in [-0.05, 0) is 19.1 Å². The molecule has 0 saturated carbocycles. The van der Waals surface area contributed by atoms with Crippen molar-refractivity contribution in [2.24, 2.45) is 0 Å². The van der Waals surface area contributed by atoms with Gasteiger partial charge in [-0.1, -0.05) is 48.5 Å². The quantitative estimate of drug-likeness (QED) is 0.255. The van der Waals surface area contributed by atoms with Crippen molar-refractivity contribution in [3.8, 4) is 16.9 Å². The Morgan fingerprint density at radius 3 is 1.86 bits per heavy atom. The van der Waals surface area contributed by atoms with E-state index in [1.807, 2.05) is 0 Å². The number of anilines is 1. The maximum absolute atomic E-state index is 14.4. The zero-order valence-corrected chi connectivity index (χ0v) is 17.7. The molecule has 4 rings (SSSR count). The normalized spacial score (nSPS) is 11.5. The fourth-order valence-electron chi connectivity index (χ4n) is 3.56. The smallest absolute Gasteiger partial charge is 0.317 e. The summed E-state index contributed by atoms with van der Waals surface area (Å²) in [5.41, 5.74) is -3.40.